The Labute approximate surface area is 127 Å². The molecule has 0 nitrogen and oxygen atoms in total. The molecular weight excluding hydrogens is 240 g/mol. The van der Waals surface area contributed by atoms with Gasteiger partial charge in [-0.3, -0.25) is 0 Å². The van der Waals surface area contributed by atoms with Gasteiger partial charge in [-0.25, -0.2) is 0 Å². The average molecular weight is 274 g/mol. The summed E-state index contributed by atoms with van der Waals surface area (Å²) in [4.78, 5) is 0. The summed E-state index contributed by atoms with van der Waals surface area (Å²) < 4.78 is 0. The van der Waals surface area contributed by atoms with Crippen molar-refractivity contribution in [2.45, 2.75) is 66.7 Å². The van der Waals surface area contributed by atoms with Crippen LogP contribution in [0.5, 0.6) is 0 Å². The Morgan fingerprint density at radius 2 is 1.55 bits per heavy atom. The highest BCUT2D eigenvalue weighted by Crippen LogP contribution is 2.66. The van der Waals surface area contributed by atoms with Crippen LogP contribution in [0.2, 0.25) is 0 Å². The Morgan fingerprint density at radius 1 is 1.05 bits per heavy atom. The average Bonchev–Trinajstić information content (AvgIpc) is 2.44. The molecule has 1 aliphatic carbocycles. The van der Waals surface area contributed by atoms with Gasteiger partial charge in [0.05, 0.1) is 0 Å². The van der Waals surface area contributed by atoms with Crippen LogP contribution < -0.4 is 0 Å². The van der Waals surface area contributed by atoms with Crippen molar-refractivity contribution in [3.05, 3.63) is 37.5 Å². The topological polar surface area (TPSA) is 0 Å². The van der Waals surface area contributed by atoms with Crippen molar-refractivity contribution in [3.8, 4) is 0 Å². The molecule has 20 heavy (non-hydrogen) atoms. The van der Waals surface area contributed by atoms with Crippen molar-refractivity contribution in [2.75, 3.05) is 0 Å². The van der Waals surface area contributed by atoms with Gasteiger partial charge >= 0.3 is 0 Å². The standard InChI is InChI=1S/C20H34/c1-9-16(6)17-14-18(7,8)20(12-4,13-5)19(10-2,11-3)15-17/h12-13,17H,4-6,9-11,14-15H2,1-3,7-8H3. The van der Waals surface area contributed by atoms with Gasteiger partial charge in [-0.2, -0.15) is 0 Å². The minimum absolute atomic E-state index is 0.0218. The van der Waals surface area contributed by atoms with Crippen LogP contribution in [0.4, 0.5) is 0 Å². The molecule has 1 unspecified atom stereocenters. The van der Waals surface area contributed by atoms with E-state index in [2.05, 4.69) is 66.5 Å². The van der Waals surface area contributed by atoms with E-state index < -0.39 is 0 Å². The molecular formula is C20H34. The van der Waals surface area contributed by atoms with Crippen LogP contribution in [0.3, 0.4) is 0 Å². The predicted molar refractivity (Wildman–Crippen MR) is 91.8 cm³/mol. The monoisotopic (exact) mass is 274 g/mol. The molecule has 0 radical (unpaired) electrons. The number of rotatable bonds is 6. The Morgan fingerprint density at radius 3 is 1.90 bits per heavy atom. The first kappa shape index (κ1) is 17.3. The van der Waals surface area contributed by atoms with Crippen LogP contribution in [-0.4, -0.2) is 0 Å². The van der Waals surface area contributed by atoms with Gasteiger partial charge in [0.2, 0.25) is 0 Å². The fourth-order valence-electron chi connectivity index (χ4n) is 4.99. The molecule has 0 saturated heterocycles. The van der Waals surface area contributed by atoms with Crippen molar-refractivity contribution in [3.63, 3.8) is 0 Å². The molecule has 0 amide bonds. The van der Waals surface area contributed by atoms with Crippen LogP contribution in [-0.2, 0) is 0 Å². The van der Waals surface area contributed by atoms with Crippen LogP contribution in [0.1, 0.15) is 66.7 Å². The summed E-state index contributed by atoms with van der Waals surface area (Å²) >= 11 is 0. The first-order valence-electron chi connectivity index (χ1n) is 8.24. The first-order chi connectivity index (χ1) is 9.29. The van der Waals surface area contributed by atoms with E-state index in [-0.39, 0.29) is 16.2 Å². The third-order valence-electron chi connectivity index (χ3n) is 6.42. The van der Waals surface area contributed by atoms with E-state index >= 15 is 0 Å². The number of allylic oxidation sites excluding steroid dienone is 3. The minimum Gasteiger partial charge on any atom is -0.102 e. The highest BCUT2D eigenvalue weighted by molar-refractivity contribution is 5.25. The van der Waals surface area contributed by atoms with E-state index in [1.165, 1.54) is 31.3 Å². The quantitative estimate of drug-likeness (QED) is 0.481. The second-order valence-corrected chi connectivity index (χ2v) is 7.27. The van der Waals surface area contributed by atoms with Gasteiger partial charge in [-0.05, 0) is 48.9 Å². The molecule has 1 atom stereocenters. The molecule has 114 valence electrons. The SMILES string of the molecule is C=CC1(C=C)C(C)(C)CC(C(=C)CC)CC1(CC)CC. The second kappa shape index (κ2) is 5.92. The maximum atomic E-state index is 4.34. The number of hydrogen-bond donors (Lipinski definition) is 0. The zero-order valence-corrected chi connectivity index (χ0v) is 14.4. The van der Waals surface area contributed by atoms with Gasteiger partial charge in [0, 0.05) is 5.41 Å². The lowest BCUT2D eigenvalue weighted by atomic mass is 9.42. The van der Waals surface area contributed by atoms with Crippen molar-refractivity contribution in [2.24, 2.45) is 22.2 Å². The molecule has 0 aromatic carbocycles. The van der Waals surface area contributed by atoms with Gasteiger partial charge in [0.1, 0.15) is 0 Å². The molecule has 0 heterocycles. The molecule has 0 heteroatoms. The first-order valence-corrected chi connectivity index (χ1v) is 8.24. The van der Waals surface area contributed by atoms with Gasteiger partial charge < -0.3 is 0 Å². The maximum Gasteiger partial charge on any atom is 0.0164 e. The molecule has 0 spiro atoms. The second-order valence-electron chi connectivity index (χ2n) is 7.27. The van der Waals surface area contributed by atoms with Crippen molar-refractivity contribution < 1.29 is 0 Å². The van der Waals surface area contributed by atoms with Crippen molar-refractivity contribution >= 4 is 0 Å². The summed E-state index contributed by atoms with van der Waals surface area (Å²) in [5.74, 6) is 0.642. The largest absolute Gasteiger partial charge is 0.102 e. The molecule has 0 aromatic rings. The van der Waals surface area contributed by atoms with Crippen LogP contribution >= 0.6 is 0 Å². The van der Waals surface area contributed by atoms with E-state index in [1.807, 2.05) is 0 Å². The fourth-order valence-corrected chi connectivity index (χ4v) is 4.99. The zero-order chi connectivity index (χ0) is 15.6. The molecule has 1 rings (SSSR count). The molecule has 0 N–H and O–H groups in total. The van der Waals surface area contributed by atoms with Crippen LogP contribution in [0.25, 0.3) is 0 Å². The Hall–Kier alpha value is -0.780. The predicted octanol–water partition coefficient (Wildman–Crippen LogP) is 6.55. The summed E-state index contributed by atoms with van der Waals surface area (Å²) in [6.07, 6.45) is 10.3. The lowest BCUT2D eigenvalue weighted by molar-refractivity contribution is -0.0659. The molecule has 1 saturated carbocycles. The molecule has 0 bridgehead atoms. The maximum absolute atomic E-state index is 4.34. The smallest absolute Gasteiger partial charge is 0.0164 e. The van der Waals surface area contributed by atoms with E-state index in [4.69, 9.17) is 0 Å². The normalized spacial score (nSPS) is 26.8. The highest BCUT2D eigenvalue weighted by atomic mass is 14.6. The third kappa shape index (κ3) is 2.22. The molecule has 0 aromatic heterocycles. The van der Waals surface area contributed by atoms with Crippen LogP contribution in [0.15, 0.2) is 37.5 Å². The zero-order valence-electron chi connectivity index (χ0n) is 14.4. The summed E-state index contributed by atoms with van der Waals surface area (Å²) in [7, 11) is 0. The lowest BCUT2D eigenvalue weighted by Gasteiger charge is -2.62. The van der Waals surface area contributed by atoms with Gasteiger partial charge in [0.15, 0.2) is 0 Å². The fraction of sp³-hybridized carbons (Fsp3) is 0.700. The van der Waals surface area contributed by atoms with Gasteiger partial charge in [-0.1, -0.05) is 58.9 Å². The molecule has 1 aliphatic rings. The Kier molecular flexibility index (Phi) is 5.11. The summed E-state index contributed by atoms with van der Waals surface area (Å²) in [5, 5.41) is 0. The molecule has 1 fully saturated rings. The summed E-state index contributed by atoms with van der Waals surface area (Å²) in [6, 6.07) is 0. The third-order valence-corrected chi connectivity index (χ3v) is 6.42. The van der Waals surface area contributed by atoms with Gasteiger partial charge in [0.25, 0.3) is 0 Å². The number of hydrogen-bond acceptors (Lipinski definition) is 0. The Bertz CT molecular complexity index is 371. The highest BCUT2D eigenvalue weighted by Gasteiger charge is 2.58. The lowest BCUT2D eigenvalue weighted by Crippen LogP contribution is -2.54. The van der Waals surface area contributed by atoms with Crippen molar-refractivity contribution in [1.29, 1.82) is 0 Å². The minimum atomic E-state index is 0.0218. The van der Waals surface area contributed by atoms with E-state index in [1.54, 1.807) is 0 Å². The van der Waals surface area contributed by atoms with E-state index in [9.17, 15) is 0 Å². The molecule has 0 aliphatic heterocycles. The van der Waals surface area contributed by atoms with E-state index in [0.29, 0.717) is 5.92 Å². The summed E-state index contributed by atoms with van der Waals surface area (Å²) in [6.45, 7) is 24.5. The summed E-state index contributed by atoms with van der Waals surface area (Å²) in [5.41, 5.74) is 1.89. The Balaban J connectivity index is 3.42. The van der Waals surface area contributed by atoms with Gasteiger partial charge in [-0.15, -0.1) is 13.2 Å². The van der Waals surface area contributed by atoms with E-state index in [0.717, 1.165) is 6.42 Å². The van der Waals surface area contributed by atoms with Crippen LogP contribution in [0, 0.1) is 22.2 Å². The van der Waals surface area contributed by atoms with Crippen molar-refractivity contribution in [1.82, 2.24) is 0 Å².